The highest BCUT2D eigenvalue weighted by Crippen LogP contribution is 2.31. The van der Waals surface area contributed by atoms with Gasteiger partial charge in [-0.3, -0.25) is 14.9 Å². The number of rotatable bonds is 12. The summed E-state index contributed by atoms with van der Waals surface area (Å²) in [5.74, 6) is 0. The lowest BCUT2D eigenvalue weighted by atomic mass is 9.95. The van der Waals surface area contributed by atoms with Crippen molar-refractivity contribution in [2.75, 3.05) is 58.8 Å². The zero-order chi connectivity index (χ0) is 30.8. The van der Waals surface area contributed by atoms with E-state index in [1.165, 1.54) is 35.2 Å². The van der Waals surface area contributed by atoms with Crippen LogP contribution in [0.3, 0.4) is 0 Å². The summed E-state index contributed by atoms with van der Waals surface area (Å²) < 4.78 is 0. The number of nitrogens with two attached hydrogens (primary N) is 1. The van der Waals surface area contributed by atoms with Crippen LogP contribution in [0, 0.1) is 6.92 Å². The molecule has 2 aromatic rings. The number of allylic oxidation sites excluding steroid dienone is 4. The zero-order valence-electron chi connectivity index (χ0n) is 27.7. The van der Waals surface area contributed by atoms with Gasteiger partial charge in [0.25, 0.3) is 0 Å². The normalized spacial score (nSPS) is 16.5. The Morgan fingerprint density at radius 2 is 1.74 bits per heavy atom. The van der Waals surface area contributed by atoms with Crippen LogP contribution in [0.5, 0.6) is 0 Å². The summed E-state index contributed by atoms with van der Waals surface area (Å²) in [6.07, 6.45) is 5.30. The Hall–Kier alpha value is -3.22. The maximum absolute atomic E-state index is 6.40. The van der Waals surface area contributed by atoms with E-state index in [0.717, 1.165) is 73.0 Å². The highest BCUT2D eigenvalue weighted by Gasteiger charge is 2.24. The summed E-state index contributed by atoms with van der Waals surface area (Å²) in [6, 6.07) is 16.1. The Morgan fingerprint density at radius 3 is 2.31 bits per heavy atom. The van der Waals surface area contributed by atoms with E-state index in [4.69, 9.17) is 10.7 Å². The van der Waals surface area contributed by atoms with E-state index in [-0.39, 0.29) is 0 Å². The van der Waals surface area contributed by atoms with Gasteiger partial charge in [-0.25, -0.2) is 0 Å². The van der Waals surface area contributed by atoms with Gasteiger partial charge in [0.05, 0.1) is 0 Å². The molecule has 42 heavy (non-hydrogen) atoms. The van der Waals surface area contributed by atoms with Gasteiger partial charge in [-0.2, -0.15) is 0 Å². The van der Waals surface area contributed by atoms with Crippen molar-refractivity contribution in [1.29, 1.82) is 0 Å². The molecule has 1 saturated heterocycles. The molecule has 2 N–H and O–H groups in total. The summed E-state index contributed by atoms with van der Waals surface area (Å²) in [5, 5.41) is 0. The second-order valence-corrected chi connectivity index (χ2v) is 11.9. The second kappa shape index (κ2) is 15.9. The molecule has 0 aromatic heterocycles. The Morgan fingerprint density at radius 1 is 1.02 bits per heavy atom. The number of anilines is 1. The number of aryl methyl sites for hydroxylation is 2. The smallest absolute Gasteiger partial charge is 0.0471 e. The number of piperidine rings is 1. The molecule has 0 saturated carbocycles. The van der Waals surface area contributed by atoms with E-state index in [1.807, 2.05) is 20.2 Å². The maximum atomic E-state index is 6.40. The summed E-state index contributed by atoms with van der Waals surface area (Å²) in [7, 11) is 6.16. The van der Waals surface area contributed by atoms with Crippen molar-refractivity contribution in [3.05, 3.63) is 76.1 Å². The summed E-state index contributed by atoms with van der Waals surface area (Å²) >= 11 is 0. The van der Waals surface area contributed by atoms with Gasteiger partial charge < -0.3 is 15.5 Å². The topological polar surface area (TPSA) is 60.5 Å². The fourth-order valence-corrected chi connectivity index (χ4v) is 6.11. The first-order valence-electron chi connectivity index (χ1n) is 15.6. The molecule has 1 fully saturated rings. The molecule has 0 radical (unpaired) electrons. The number of nitrogens with zero attached hydrogens (tertiary/aromatic N) is 5. The summed E-state index contributed by atoms with van der Waals surface area (Å²) in [4.78, 5) is 17.1. The molecular weight excluding hydrogens is 516 g/mol. The Labute approximate surface area is 255 Å². The third-order valence-electron chi connectivity index (χ3n) is 8.40. The molecule has 0 amide bonds. The van der Waals surface area contributed by atoms with Crippen LogP contribution in [0.2, 0.25) is 0 Å². The van der Waals surface area contributed by atoms with Crippen LogP contribution in [-0.4, -0.2) is 81.6 Å². The van der Waals surface area contributed by atoms with Crippen LogP contribution in [0.4, 0.5) is 5.69 Å². The van der Waals surface area contributed by atoms with Crippen molar-refractivity contribution in [3.63, 3.8) is 0 Å². The summed E-state index contributed by atoms with van der Waals surface area (Å²) in [6.45, 7) is 18.2. The fraction of sp³-hybridized carbons (Fsp3) is 0.500. The van der Waals surface area contributed by atoms with Gasteiger partial charge in [-0.15, -0.1) is 0 Å². The minimum absolute atomic E-state index is 0.657. The number of hydrogen-bond acceptors (Lipinski definition) is 6. The van der Waals surface area contributed by atoms with Crippen LogP contribution in [0.15, 0.2) is 63.8 Å². The van der Waals surface area contributed by atoms with Crippen molar-refractivity contribution >= 4 is 28.8 Å². The van der Waals surface area contributed by atoms with Gasteiger partial charge in [-0.05, 0) is 96.4 Å². The van der Waals surface area contributed by atoms with Gasteiger partial charge in [0.2, 0.25) is 0 Å². The molecule has 0 atom stereocenters. The van der Waals surface area contributed by atoms with E-state index >= 15 is 0 Å². The molecule has 1 aliphatic heterocycles. The zero-order valence-corrected chi connectivity index (χ0v) is 27.7. The highest BCUT2D eigenvalue weighted by atomic mass is 15.2. The predicted molar refractivity (Wildman–Crippen MR) is 185 cm³/mol. The van der Waals surface area contributed by atoms with Crippen molar-refractivity contribution < 1.29 is 0 Å². The molecular formula is C36H54N6. The molecule has 1 heterocycles. The molecule has 6 heteroatoms. The number of aliphatic imine (C=N–C) groups is 2. The van der Waals surface area contributed by atoms with Gasteiger partial charge in [0, 0.05) is 79.4 Å². The monoisotopic (exact) mass is 570 g/mol. The lowest BCUT2D eigenvalue weighted by molar-refractivity contribution is 0.163. The van der Waals surface area contributed by atoms with Crippen molar-refractivity contribution in [3.8, 4) is 0 Å². The number of benzene rings is 2. The molecule has 6 nitrogen and oxygen atoms in total. The van der Waals surface area contributed by atoms with E-state index in [2.05, 4.69) is 111 Å². The minimum atomic E-state index is 0.657. The number of likely N-dealkylation sites (N-methyl/N-ethyl adjacent to an activating group) is 2. The van der Waals surface area contributed by atoms with Gasteiger partial charge >= 0.3 is 0 Å². The predicted octanol–water partition coefficient (Wildman–Crippen LogP) is 6.69. The Bertz CT molecular complexity index is 1300. The molecule has 1 aliphatic rings. The third kappa shape index (κ3) is 8.65. The van der Waals surface area contributed by atoms with E-state index in [0.29, 0.717) is 6.04 Å². The molecule has 0 bridgehead atoms. The van der Waals surface area contributed by atoms with Crippen LogP contribution < -0.4 is 10.6 Å². The first-order valence-corrected chi connectivity index (χ1v) is 15.6. The molecule has 3 rings (SSSR count). The van der Waals surface area contributed by atoms with Gasteiger partial charge in [-0.1, -0.05) is 49.7 Å². The van der Waals surface area contributed by atoms with Crippen LogP contribution in [-0.2, 0) is 6.42 Å². The lowest BCUT2D eigenvalue weighted by Crippen LogP contribution is -2.46. The second-order valence-electron chi connectivity index (χ2n) is 11.9. The highest BCUT2D eigenvalue weighted by molar-refractivity contribution is 6.24. The maximum Gasteiger partial charge on any atom is 0.0471 e. The Balaban J connectivity index is 1.94. The van der Waals surface area contributed by atoms with E-state index in [1.54, 1.807) is 0 Å². The molecule has 228 valence electrons. The van der Waals surface area contributed by atoms with Crippen molar-refractivity contribution in [1.82, 2.24) is 9.80 Å². The molecule has 0 aliphatic carbocycles. The van der Waals surface area contributed by atoms with Crippen LogP contribution >= 0.6 is 0 Å². The summed E-state index contributed by atoms with van der Waals surface area (Å²) in [5.41, 5.74) is 17.2. The van der Waals surface area contributed by atoms with Gasteiger partial charge in [0.1, 0.15) is 0 Å². The average molecular weight is 571 g/mol. The molecule has 0 spiro atoms. The van der Waals surface area contributed by atoms with Gasteiger partial charge in [0.15, 0.2) is 0 Å². The molecule has 0 unspecified atom stereocenters. The Kier molecular flexibility index (Phi) is 12.6. The minimum Gasteiger partial charge on any atom is -0.402 e. The quantitative estimate of drug-likeness (QED) is 0.289. The third-order valence-corrected chi connectivity index (χ3v) is 8.40. The van der Waals surface area contributed by atoms with E-state index in [9.17, 15) is 0 Å². The standard InChI is InChI=1S/C36H54N6/c1-10-30-15-16-33(42-19-17-32(18-20-42)41(11-2)22-21-40(8)9)24-34(30)35(25-38-7)28(5)39-29(6)36(27(4)37)31-14-12-13-26(3)23-31/h12-16,23-25,32H,10-11,17-22,37H2,1-9H3/b35-28-,36-27-,38-25?,39-29-. The number of hydrogen-bond donors (Lipinski definition) is 1. The largest absolute Gasteiger partial charge is 0.402 e. The lowest BCUT2D eigenvalue weighted by Gasteiger charge is -2.39. The van der Waals surface area contributed by atoms with E-state index < -0.39 is 0 Å². The first kappa shape index (κ1) is 33.3. The van der Waals surface area contributed by atoms with Crippen molar-refractivity contribution in [2.24, 2.45) is 15.7 Å². The van der Waals surface area contributed by atoms with Crippen LogP contribution in [0.1, 0.15) is 69.7 Å². The SMILES string of the molecule is CCc1ccc(N2CCC(N(CC)CCN(C)C)CC2)cc1\C(C=NC)=C(C)/N=C(C)\C(=C(/C)N)c1cccc(C)c1. The first-order chi connectivity index (χ1) is 20.1. The fourth-order valence-electron chi connectivity index (χ4n) is 6.11. The van der Waals surface area contributed by atoms with Crippen LogP contribution in [0.25, 0.3) is 11.1 Å². The van der Waals surface area contributed by atoms with Crippen molar-refractivity contribution in [2.45, 2.75) is 66.8 Å². The molecule has 2 aromatic carbocycles. The average Bonchev–Trinajstić information content (AvgIpc) is 2.96.